The van der Waals surface area contributed by atoms with Gasteiger partial charge < -0.3 is 9.47 Å². The first-order chi connectivity index (χ1) is 11.3. The Morgan fingerprint density at radius 3 is 2.75 bits per heavy atom. The first-order valence-corrected chi connectivity index (χ1v) is 9.14. The molecule has 0 radical (unpaired) electrons. The Morgan fingerprint density at radius 2 is 2.12 bits per heavy atom. The molecule has 0 aromatic heterocycles. The van der Waals surface area contributed by atoms with Crippen molar-refractivity contribution in [3.05, 3.63) is 42.0 Å². The van der Waals surface area contributed by atoms with Crippen molar-refractivity contribution < 1.29 is 18.5 Å². The molecule has 1 heterocycles. The second-order valence-corrected chi connectivity index (χ2v) is 8.64. The van der Waals surface area contributed by atoms with Crippen molar-refractivity contribution in [2.75, 3.05) is 6.61 Å². The van der Waals surface area contributed by atoms with E-state index in [-0.39, 0.29) is 6.61 Å². The van der Waals surface area contributed by atoms with E-state index in [4.69, 9.17) is 9.47 Å². The van der Waals surface area contributed by atoms with Crippen molar-refractivity contribution in [3.8, 4) is 0 Å². The predicted octanol–water partition coefficient (Wildman–Crippen LogP) is 2.58. The lowest BCUT2D eigenvalue weighted by Crippen LogP contribution is -2.52. The van der Waals surface area contributed by atoms with Gasteiger partial charge >= 0.3 is 5.97 Å². The van der Waals surface area contributed by atoms with Crippen molar-refractivity contribution >= 4 is 22.5 Å². The molecule has 1 aliphatic rings. The summed E-state index contributed by atoms with van der Waals surface area (Å²) in [6.07, 6.45) is -0.620. The van der Waals surface area contributed by atoms with Crippen LogP contribution >= 0.6 is 0 Å². The molecule has 1 aromatic carbocycles. The first-order valence-electron chi connectivity index (χ1n) is 7.99. The van der Waals surface area contributed by atoms with E-state index in [1.54, 1.807) is 6.92 Å². The lowest BCUT2D eigenvalue weighted by atomic mass is 9.91. The maximum absolute atomic E-state index is 12.5. The molecule has 6 heteroatoms. The van der Waals surface area contributed by atoms with Gasteiger partial charge in [0, 0.05) is 0 Å². The molecule has 2 rings (SSSR count). The zero-order valence-corrected chi connectivity index (χ0v) is 15.4. The number of hydrogen-bond donors (Lipinski definition) is 1. The summed E-state index contributed by atoms with van der Waals surface area (Å²) < 4.78 is 25.9. The predicted molar refractivity (Wildman–Crippen MR) is 95.5 cm³/mol. The summed E-state index contributed by atoms with van der Waals surface area (Å²) in [7, 11) is -1.44. The standard InChI is InChI=1S/C18H25NO4S/c1-6-22-17(20)15(19-24(21)18(3,4)5)16-12(2)14-10-8-7-9-13(14)11-23-16/h7-10,15-16,19H,2,6,11H2,1,3-5H3/t15-,16+,24-/m1/s1. The molecule has 0 fully saturated rings. The van der Waals surface area contributed by atoms with Crippen LogP contribution in [0.5, 0.6) is 0 Å². The van der Waals surface area contributed by atoms with Crippen molar-refractivity contribution in [2.45, 2.75) is 51.2 Å². The van der Waals surface area contributed by atoms with E-state index in [1.807, 2.05) is 45.0 Å². The molecule has 0 unspecified atom stereocenters. The number of esters is 1. The van der Waals surface area contributed by atoms with Gasteiger partial charge in [-0.15, -0.1) is 0 Å². The van der Waals surface area contributed by atoms with E-state index in [9.17, 15) is 9.00 Å². The maximum atomic E-state index is 12.5. The first kappa shape index (κ1) is 18.8. The molecule has 0 saturated carbocycles. The number of rotatable bonds is 5. The molecular formula is C18H25NO4S. The van der Waals surface area contributed by atoms with Gasteiger partial charge in [0.25, 0.3) is 0 Å². The molecule has 132 valence electrons. The summed E-state index contributed by atoms with van der Waals surface area (Å²) in [6, 6.07) is 6.91. The SMILES string of the molecule is C=C1c2ccccc2CO[C@@H]1[C@@H](N[S@](=O)C(C)(C)C)C(=O)OCC. The van der Waals surface area contributed by atoms with Gasteiger partial charge in [-0.1, -0.05) is 30.8 Å². The van der Waals surface area contributed by atoms with Crippen LogP contribution in [0.4, 0.5) is 0 Å². The number of carbonyl (C=O) groups is 1. The van der Waals surface area contributed by atoms with Gasteiger partial charge in [-0.3, -0.25) is 4.79 Å². The molecule has 1 N–H and O–H groups in total. The summed E-state index contributed by atoms with van der Waals surface area (Å²) in [5, 5.41) is 0. The van der Waals surface area contributed by atoms with Crippen LogP contribution < -0.4 is 4.72 Å². The number of fused-ring (bicyclic) bond motifs is 1. The van der Waals surface area contributed by atoms with Crippen molar-refractivity contribution in [3.63, 3.8) is 0 Å². The van der Waals surface area contributed by atoms with Crippen molar-refractivity contribution in [1.29, 1.82) is 0 Å². The minimum absolute atomic E-state index is 0.245. The molecule has 0 spiro atoms. The summed E-state index contributed by atoms with van der Waals surface area (Å²) in [4.78, 5) is 12.4. The third-order valence-electron chi connectivity index (χ3n) is 3.76. The normalized spacial score (nSPS) is 20.2. The number of carbonyl (C=O) groups excluding carboxylic acids is 1. The van der Waals surface area contributed by atoms with Crippen LogP contribution in [0, 0.1) is 0 Å². The topological polar surface area (TPSA) is 64.6 Å². The van der Waals surface area contributed by atoms with Crippen LogP contribution in [0.25, 0.3) is 5.57 Å². The fourth-order valence-corrected chi connectivity index (χ4v) is 3.25. The van der Waals surface area contributed by atoms with E-state index < -0.39 is 33.8 Å². The molecule has 3 atom stereocenters. The molecule has 0 aliphatic carbocycles. The quantitative estimate of drug-likeness (QED) is 0.828. The van der Waals surface area contributed by atoms with Gasteiger partial charge in [0.05, 0.1) is 28.9 Å². The fourth-order valence-electron chi connectivity index (χ4n) is 2.45. The molecule has 0 bridgehead atoms. The number of nitrogens with one attached hydrogen (secondary N) is 1. The van der Waals surface area contributed by atoms with Gasteiger partial charge in [-0.2, -0.15) is 0 Å². The number of ether oxygens (including phenoxy) is 2. The Morgan fingerprint density at radius 1 is 1.46 bits per heavy atom. The molecule has 24 heavy (non-hydrogen) atoms. The molecule has 0 amide bonds. The third kappa shape index (κ3) is 4.12. The Balaban J connectivity index is 2.29. The minimum atomic E-state index is -1.44. The summed E-state index contributed by atoms with van der Waals surface area (Å²) in [5.41, 5.74) is 2.68. The smallest absolute Gasteiger partial charge is 0.327 e. The van der Waals surface area contributed by atoms with Gasteiger partial charge in [0.15, 0.2) is 0 Å². The van der Waals surface area contributed by atoms with Gasteiger partial charge in [0.2, 0.25) is 0 Å². The highest BCUT2D eigenvalue weighted by Gasteiger charge is 2.38. The summed E-state index contributed by atoms with van der Waals surface area (Å²) in [6.45, 7) is 12.0. The number of benzene rings is 1. The summed E-state index contributed by atoms with van der Waals surface area (Å²) >= 11 is 0. The van der Waals surface area contributed by atoms with E-state index in [0.29, 0.717) is 12.2 Å². The molecule has 1 aromatic rings. The Labute approximate surface area is 146 Å². The highest BCUT2D eigenvalue weighted by Crippen LogP contribution is 2.31. The summed E-state index contributed by atoms with van der Waals surface area (Å²) in [5.74, 6) is -0.486. The van der Waals surface area contributed by atoms with Crippen LogP contribution in [0.15, 0.2) is 30.8 Å². The van der Waals surface area contributed by atoms with E-state index in [1.165, 1.54) is 0 Å². The molecule has 5 nitrogen and oxygen atoms in total. The van der Waals surface area contributed by atoms with Gasteiger partial charge in [-0.05, 0) is 44.4 Å². The highest BCUT2D eigenvalue weighted by atomic mass is 32.2. The molecular weight excluding hydrogens is 326 g/mol. The van der Waals surface area contributed by atoms with Gasteiger partial charge in [-0.25, -0.2) is 8.93 Å². The average Bonchev–Trinajstić information content (AvgIpc) is 2.53. The lowest BCUT2D eigenvalue weighted by molar-refractivity contribution is -0.148. The molecule has 1 aliphatic heterocycles. The zero-order valence-electron chi connectivity index (χ0n) is 14.6. The average molecular weight is 351 g/mol. The van der Waals surface area contributed by atoms with Crippen molar-refractivity contribution in [1.82, 2.24) is 4.72 Å². The van der Waals surface area contributed by atoms with Crippen LogP contribution in [-0.4, -0.2) is 33.7 Å². The van der Waals surface area contributed by atoms with Crippen LogP contribution in [0.1, 0.15) is 38.8 Å². The Hall–Kier alpha value is -1.50. The van der Waals surface area contributed by atoms with Crippen molar-refractivity contribution in [2.24, 2.45) is 0 Å². The number of hydrogen-bond acceptors (Lipinski definition) is 4. The largest absolute Gasteiger partial charge is 0.465 e. The molecule has 0 saturated heterocycles. The fraction of sp³-hybridized carbons (Fsp3) is 0.500. The maximum Gasteiger partial charge on any atom is 0.327 e. The lowest BCUT2D eigenvalue weighted by Gasteiger charge is -2.33. The van der Waals surface area contributed by atoms with E-state index in [0.717, 1.165) is 11.1 Å². The monoisotopic (exact) mass is 351 g/mol. The Bertz CT molecular complexity index is 651. The third-order valence-corrected chi connectivity index (χ3v) is 5.34. The van der Waals surface area contributed by atoms with Gasteiger partial charge in [0.1, 0.15) is 12.1 Å². The highest BCUT2D eigenvalue weighted by molar-refractivity contribution is 7.84. The van der Waals surface area contributed by atoms with Crippen LogP contribution in [-0.2, 0) is 31.9 Å². The van der Waals surface area contributed by atoms with Crippen LogP contribution in [0.3, 0.4) is 0 Å². The zero-order chi connectivity index (χ0) is 17.9. The minimum Gasteiger partial charge on any atom is -0.465 e. The second-order valence-electron chi connectivity index (χ2n) is 6.64. The second kappa shape index (κ2) is 7.59. The van der Waals surface area contributed by atoms with E-state index >= 15 is 0 Å². The Kier molecular flexibility index (Phi) is 5.96. The van der Waals surface area contributed by atoms with E-state index in [2.05, 4.69) is 11.3 Å². The van der Waals surface area contributed by atoms with Crippen LogP contribution in [0.2, 0.25) is 0 Å².